The van der Waals surface area contributed by atoms with E-state index in [0.29, 0.717) is 0 Å². The van der Waals surface area contributed by atoms with Gasteiger partial charge in [-0.2, -0.15) is 0 Å². The van der Waals surface area contributed by atoms with Crippen molar-refractivity contribution < 1.29 is 4.79 Å². The minimum absolute atomic E-state index is 0.137. The van der Waals surface area contributed by atoms with Crippen molar-refractivity contribution in [2.45, 2.75) is 0 Å². The largest absolute Gasteiger partial charge is 0.303 e. The Morgan fingerprint density at radius 3 is 2.65 bits per heavy atom. The molecule has 0 aliphatic heterocycles. The van der Waals surface area contributed by atoms with Gasteiger partial charge in [0.2, 0.25) is 0 Å². The van der Waals surface area contributed by atoms with Crippen molar-refractivity contribution in [1.29, 1.82) is 0 Å². The number of carbonyl (C=O) groups excluding carboxylic acids is 1. The molecule has 1 amide bonds. The zero-order valence-corrected chi connectivity index (χ0v) is 10.7. The Hall–Kier alpha value is -1.53. The molecule has 5 nitrogen and oxygen atoms in total. The van der Waals surface area contributed by atoms with Crippen LogP contribution in [-0.4, -0.2) is 20.9 Å². The molecule has 0 bridgehead atoms. The normalized spacial score (nSPS) is 10.0. The second-order valence-electron chi connectivity index (χ2n) is 3.01. The Kier molecular flexibility index (Phi) is 3.65. The summed E-state index contributed by atoms with van der Waals surface area (Å²) in [6.45, 7) is 0. The molecule has 0 atom stereocenters. The topological polar surface area (TPSA) is 67.8 Å². The number of hydrogen-bond donors (Lipinski definition) is 1. The van der Waals surface area contributed by atoms with Gasteiger partial charge in [-0.3, -0.25) is 4.79 Å². The minimum atomic E-state index is -0.389. The fourth-order valence-corrected chi connectivity index (χ4v) is 1.47. The molecule has 0 aliphatic rings. The first kappa shape index (κ1) is 11.9. The van der Waals surface area contributed by atoms with E-state index < -0.39 is 0 Å². The molecule has 7 heteroatoms. The molecule has 1 N–H and O–H groups in total. The Labute approximate surface area is 110 Å². The number of anilines is 1. The first-order valence-electron chi connectivity index (χ1n) is 4.56. The molecule has 2 heterocycles. The van der Waals surface area contributed by atoms with Crippen molar-refractivity contribution in [2.24, 2.45) is 0 Å². The number of nitrogens with one attached hydrogen (secondary N) is 1. The fraction of sp³-hybridized carbons (Fsp3) is 0. The van der Waals surface area contributed by atoms with Crippen molar-refractivity contribution in [3.63, 3.8) is 0 Å². The number of amides is 1. The predicted octanol–water partition coefficient (Wildman–Crippen LogP) is 2.54. The second-order valence-corrected chi connectivity index (χ2v) is 4.29. The summed E-state index contributed by atoms with van der Waals surface area (Å²) in [5, 5.41) is 2.66. The number of halogens is 2. The summed E-state index contributed by atoms with van der Waals surface area (Å²) in [5.41, 5.74) is 0.273. The second kappa shape index (κ2) is 5.20. The van der Waals surface area contributed by atoms with Crippen molar-refractivity contribution in [1.82, 2.24) is 15.0 Å². The van der Waals surface area contributed by atoms with E-state index in [9.17, 15) is 4.79 Å². The molecule has 0 radical (unpaired) electrons. The third-order valence-corrected chi connectivity index (χ3v) is 2.59. The lowest BCUT2D eigenvalue weighted by atomic mass is 10.3. The molecule has 0 aromatic carbocycles. The van der Waals surface area contributed by atoms with Crippen LogP contribution in [-0.2, 0) is 0 Å². The molecule has 0 saturated heterocycles. The maximum absolute atomic E-state index is 11.8. The van der Waals surface area contributed by atoms with Gasteiger partial charge in [0.1, 0.15) is 5.69 Å². The predicted molar refractivity (Wildman–Crippen MR) is 66.9 cm³/mol. The van der Waals surface area contributed by atoms with Crippen LogP contribution in [0.15, 0.2) is 35.2 Å². The molecule has 0 unspecified atom stereocenters. The van der Waals surface area contributed by atoms with Gasteiger partial charge in [0, 0.05) is 23.1 Å². The quantitative estimate of drug-likeness (QED) is 0.925. The van der Waals surface area contributed by atoms with Gasteiger partial charge in [-0.05, 0) is 28.1 Å². The first-order chi connectivity index (χ1) is 8.16. The first-order valence-corrected chi connectivity index (χ1v) is 5.73. The van der Waals surface area contributed by atoms with E-state index in [0.717, 1.165) is 4.47 Å². The van der Waals surface area contributed by atoms with E-state index in [1.54, 1.807) is 12.1 Å². The van der Waals surface area contributed by atoms with Crippen LogP contribution in [0.4, 0.5) is 5.82 Å². The Bertz CT molecular complexity index is 546. The zero-order chi connectivity index (χ0) is 12.3. The van der Waals surface area contributed by atoms with Crippen molar-refractivity contribution in [2.75, 3.05) is 5.32 Å². The summed E-state index contributed by atoms with van der Waals surface area (Å²) in [6.07, 6.45) is 4.42. The van der Waals surface area contributed by atoms with Crippen LogP contribution in [0.5, 0.6) is 0 Å². The van der Waals surface area contributed by atoms with Gasteiger partial charge in [0.15, 0.2) is 11.0 Å². The highest BCUT2D eigenvalue weighted by atomic mass is 79.9. The van der Waals surface area contributed by atoms with Crippen molar-refractivity contribution >= 4 is 39.3 Å². The van der Waals surface area contributed by atoms with E-state index in [2.05, 4.69) is 36.2 Å². The lowest BCUT2D eigenvalue weighted by Crippen LogP contribution is -2.14. The molecule has 0 spiro atoms. The standard InChI is InChI=1S/C10H6BrClN4O/c11-6-1-2-7(15-5-6)10(17)16-9-8(12)13-3-4-14-9/h1-5H,(H,14,16,17). The maximum Gasteiger partial charge on any atom is 0.275 e. The number of pyridine rings is 1. The Morgan fingerprint density at radius 2 is 2.00 bits per heavy atom. The molecule has 0 saturated carbocycles. The van der Waals surface area contributed by atoms with Crippen LogP contribution < -0.4 is 5.32 Å². The molecule has 0 fully saturated rings. The number of aromatic nitrogens is 3. The van der Waals surface area contributed by atoms with Gasteiger partial charge >= 0.3 is 0 Å². The summed E-state index contributed by atoms with van der Waals surface area (Å²) < 4.78 is 0.798. The monoisotopic (exact) mass is 312 g/mol. The fourth-order valence-electron chi connectivity index (χ4n) is 1.09. The SMILES string of the molecule is O=C(Nc1nccnc1Cl)c1ccc(Br)cn1. The van der Waals surface area contributed by atoms with Crippen LogP contribution in [0.3, 0.4) is 0 Å². The molecule has 2 rings (SSSR count). The highest BCUT2D eigenvalue weighted by Crippen LogP contribution is 2.15. The van der Waals surface area contributed by atoms with Crippen LogP contribution in [0.2, 0.25) is 5.15 Å². The van der Waals surface area contributed by atoms with Gasteiger partial charge in [-0.25, -0.2) is 15.0 Å². The molecule has 2 aromatic heterocycles. The van der Waals surface area contributed by atoms with Crippen LogP contribution >= 0.6 is 27.5 Å². The third-order valence-electron chi connectivity index (χ3n) is 1.85. The molecular weight excluding hydrogens is 307 g/mol. The number of hydrogen-bond acceptors (Lipinski definition) is 4. The summed E-state index contributed by atoms with van der Waals surface area (Å²) in [6, 6.07) is 3.31. The summed E-state index contributed by atoms with van der Waals surface area (Å²) >= 11 is 9.00. The van der Waals surface area contributed by atoms with Gasteiger partial charge in [-0.15, -0.1) is 0 Å². The zero-order valence-electron chi connectivity index (χ0n) is 8.39. The third kappa shape index (κ3) is 2.98. The summed E-state index contributed by atoms with van der Waals surface area (Å²) in [7, 11) is 0. The smallest absolute Gasteiger partial charge is 0.275 e. The van der Waals surface area contributed by atoms with Crippen LogP contribution in [0.25, 0.3) is 0 Å². The number of nitrogens with zero attached hydrogens (tertiary/aromatic N) is 3. The van der Waals surface area contributed by atoms with Gasteiger partial charge in [0.05, 0.1) is 0 Å². The highest BCUT2D eigenvalue weighted by molar-refractivity contribution is 9.10. The maximum atomic E-state index is 11.8. The van der Waals surface area contributed by atoms with E-state index >= 15 is 0 Å². The lowest BCUT2D eigenvalue weighted by Gasteiger charge is -2.04. The molecule has 0 aliphatic carbocycles. The van der Waals surface area contributed by atoms with E-state index in [1.165, 1.54) is 18.6 Å². The van der Waals surface area contributed by atoms with Gasteiger partial charge < -0.3 is 5.32 Å². The Morgan fingerprint density at radius 1 is 1.24 bits per heavy atom. The van der Waals surface area contributed by atoms with Crippen molar-refractivity contribution in [3.8, 4) is 0 Å². The van der Waals surface area contributed by atoms with Gasteiger partial charge in [0.25, 0.3) is 5.91 Å². The molecule has 17 heavy (non-hydrogen) atoms. The number of carbonyl (C=O) groups is 1. The average Bonchev–Trinajstić information content (AvgIpc) is 2.33. The number of rotatable bonds is 2. The summed E-state index contributed by atoms with van der Waals surface area (Å²) in [5.74, 6) is -0.177. The van der Waals surface area contributed by atoms with Crippen LogP contribution in [0.1, 0.15) is 10.5 Å². The lowest BCUT2D eigenvalue weighted by molar-refractivity contribution is 0.102. The highest BCUT2D eigenvalue weighted by Gasteiger charge is 2.10. The van der Waals surface area contributed by atoms with Crippen molar-refractivity contribution in [3.05, 3.63) is 46.0 Å². The molecular formula is C10H6BrClN4O. The van der Waals surface area contributed by atoms with Crippen LogP contribution in [0, 0.1) is 0 Å². The molecule has 2 aromatic rings. The van der Waals surface area contributed by atoms with E-state index in [1.807, 2.05) is 0 Å². The van der Waals surface area contributed by atoms with E-state index in [-0.39, 0.29) is 22.6 Å². The molecule has 86 valence electrons. The average molecular weight is 314 g/mol. The van der Waals surface area contributed by atoms with Gasteiger partial charge in [-0.1, -0.05) is 11.6 Å². The van der Waals surface area contributed by atoms with E-state index in [4.69, 9.17) is 11.6 Å². The Balaban J connectivity index is 2.17. The minimum Gasteiger partial charge on any atom is -0.303 e. The summed E-state index contributed by atoms with van der Waals surface area (Å²) in [4.78, 5) is 23.4.